The molecular formula is C9H10N4O2S2. The first-order valence-corrected chi connectivity index (χ1v) is 6.96. The number of nitrogen functional groups attached to an aromatic ring is 1. The van der Waals surface area contributed by atoms with Crippen LogP contribution < -0.4 is 10.5 Å². The molecule has 6 nitrogen and oxygen atoms in total. The topological polar surface area (TPSA) is 98.0 Å². The molecule has 0 unspecified atom stereocenters. The Hall–Kier alpha value is -1.67. The number of anilines is 2. The molecule has 0 bridgehead atoms. The summed E-state index contributed by atoms with van der Waals surface area (Å²) in [5.41, 5.74) is 5.93. The fourth-order valence-electron chi connectivity index (χ4n) is 1.19. The van der Waals surface area contributed by atoms with E-state index in [0.717, 1.165) is 0 Å². The fraction of sp³-hybridized carbons (Fsp3) is 0.111. The molecule has 0 fully saturated rings. The van der Waals surface area contributed by atoms with Crippen molar-refractivity contribution in [2.75, 3.05) is 10.5 Å². The summed E-state index contributed by atoms with van der Waals surface area (Å²) in [7, 11) is -3.64. The van der Waals surface area contributed by atoms with E-state index in [-0.39, 0.29) is 10.0 Å². The van der Waals surface area contributed by atoms with Crippen molar-refractivity contribution < 1.29 is 8.42 Å². The van der Waals surface area contributed by atoms with Gasteiger partial charge in [-0.1, -0.05) is 17.4 Å². The van der Waals surface area contributed by atoms with Gasteiger partial charge in [0.2, 0.25) is 5.13 Å². The van der Waals surface area contributed by atoms with Crippen molar-refractivity contribution in [3.8, 4) is 0 Å². The minimum atomic E-state index is -3.64. The first kappa shape index (κ1) is 11.8. The summed E-state index contributed by atoms with van der Waals surface area (Å²) in [4.78, 5) is 0.102. The van der Waals surface area contributed by atoms with Gasteiger partial charge in [0, 0.05) is 5.69 Å². The average molecular weight is 270 g/mol. The molecular weight excluding hydrogens is 260 g/mol. The van der Waals surface area contributed by atoms with Gasteiger partial charge < -0.3 is 5.73 Å². The van der Waals surface area contributed by atoms with E-state index >= 15 is 0 Å². The summed E-state index contributed by atoms with van der Waals surface area (Å²) in [5, 5.41) is 8.36. The van der Waals surface area contributed by atoms with Crippen molar-refractivity contribution in [1.82, 2.24) is 10.2 Å². The summed E-state index contributed by atoms with van der Waals surface area (Å²) in [5.74, 6) is 0. The molecule has 0 radical (unpaired) electrons. The molecule has 1 heterocycles. The lowest BCUT2D eigenvalue weighted by atomic mass is 10.3. The molecule has 0 aliphatic heterocycles. The quantitative estimate of drug-likeness (QED) is 0.817. The standard InChI is InChI=1S/C9H10N4O2S2/c1-6-11-12-9(16-6)13-17(14,15)8-4-2-3-7(10)5-8/h2-5H,10H2,1H3,(H,12,13). The zero-order valence-electron chi connectivity index (χ0n) is 8.91. The predicted octanol–water partition coefficient (Wildman–Crippen LogP) is 1.23. The van der Waals surface area contributed by atoms with Gasteiger partial charge in [-0.3, -0.25) is 4.72 Å². The Balaban J connectivity index is 2.31. The van der Waals surface area contributed by atoms with E-state index in [1.54, 1.807) is 19.1 Å². The van der Waals surface area contributed by atoms with Gasteiger partial charge >= 0.3 is 0 Å². The Labute approximate surface area is 103 Å². The Morgan fingerprint density at radius 3 is 2.71 bits per heavy atom. The van der Waals surface area contributed by atoms with Crippen molar-refractivity contribution in [2.24, 2.45) is 0 Å². The molecule has 90 valence electrons. The molecule has 1 aromatic carbocycles. The van der Waals surface area contributed by atoms with Crippen LogP contribution in [0.2, 0.25) is 0 Å². The Bertz CT molecular complexity index is 636. The molecule has 0 saturated heterocycles. The van der Waals surface area contributed by atoms with Crippen LogP contribution >= 0.6 is 11.3 Å². The molecule has 8 heteroatoms. The summed E-state index contributed by atoms with van der Waals surface area (Å²) < 4.78 is 26.2. The molecule has 2 aromatic rings. The van der Waals surface area contributed by atoms with Crippen LogP contribution in [0.4, 0.5) is 10.8 Å². The van der Waals surface area contributed by atoms with E-state index in [0.29, 0.717) is 10.7 Å². The van der Waals surface area contributed by atoms with Crippen LogP contribution in [0.1, 0.15) is 5.01 Å². The van der Waals surface area contributed by atoms with Gasteiger partial charge in [-0.05, 0) is 25.1 Å². The number of hydrogen-bond donors (Lipinski definition) is 2. The second-order valence-electron chi connectivity index (χ2n) is 3.30. The first-order valence-electron chi connectivity index (χ1n) is 4.66. The van der Waals surface area contributed by atoms with Gasteiger partial charge in [0.25, 0.3) is 10.0 Å². The second-order valence-corrected chi connectivity index (χ2v) is 6.17. The van der Waals surface area contributed by atoms with Crippen LogP contribution in [0, 0.1) is 6.92 Å². The zero-order valence-corrected chi connectivity index (χ0v) is 10.5. The van der Waals surface area contributed by atoms with Gasteiger partial charge in [0.15, 0.2) is 0 Å². The monoisotopic (exact) mass is 270 g/mol. The van der Waals surface area contributed by atoms with Crippen LogP contribution in [-0.2, 0) is 10.0 Å². The number of aryl methyl sites for hydroxylation is 1. The van der Waals surface area contributed by atoms with E-state index < -0.39 is 10.0 Å². The van der Waals surface area contributed by atoms with E-state index in [1.807, 2.05) is 0 Å². The number of nitrogens with zero attached hydrogens (tertiary/aromatic N) is 2. The summed E-state index contributed by atoms with van der Waals surface area (Å²) in [6.07, 6.45) is 0. The molecule has 0 saturated carbocycles. The highest BCUT2D eigenvalue weighted by Crippen LogP contribution is 2.20. The minimum absolute atomic E-state index is 0.102. The maximum Gasteiger partial charge on any atom is 0.263 e. The Kier molecular flexibility index (Phi) is 2.99. The first-order chi connectivity index (χ1) is 7.97. The molecule has 0 spiro atoms. The third kappa shape index (κ3) is 2.71. The number of nitrogens with one attached hydrogen (secondary N) is 1. The van der Waals surface area contributed by atoms with Crippen LogP contribution in [0.5, 0.6) is 0 Å². The van der Waals surface area contributed by atoms with E-state index in [1.165, 1.54) is 23.5 Å². The van der Waals surface area contributed by atoms with Crippen molar-refractivity contribution in [3.63, 3.8) is 0 Å². The summed E-state index contributed by atoms with van der Waals surface area (Å²) >= 11 is 1.17. The zero-order chi connectivity index (χ0) is 12.5. The molecule has 3 N–H and O–H groups in total. The van der Waals surface area contributed by atoms with Crippen molar-refractivity contribution in [2.45, 2.75) is 11.8 Å². The Morgan fingerprint density at radius 2 is 2.12 bits per heavy atom. The lowest BCUT2D eigenvalue weighted by Crippen LogP contribution is -2.13. The highest BCUT2D eigenvalue weighted by atomic mass is 32.2. The van der Waals surface area contributed by atoms with Gasteiger partial charge in [0.05, 0.1) is 4.90 Å². The molecule has 17 heavy (non-hydrogen) atoms. The fourth-order valence-corrected chi connectivity index (χ4v) is 3.07. The third-order valence-corrected chi connectivity index (χ3v) is 4.14. The number of nitrogens with two attached hydrogens (primary N) is 1. The average Bonchev–Trinajstić information content (AvgIpc) is 2.63. The molecule has 0 amide bonds. The highest BCUT2D eigenvalue weighted by molar-refractivity contribution is 7.93. The van der Waals surface area contributed by atoms with Gasteiger partial charge in [-0.25, -0.2) is 8.42 Å². The van der Waals surface area contributed by atoms with Crippen LogP contribution in [0.15, 0.2) is 29.2 Å². The Morgan fingerprint density at radius 1 is 1.35 bits per heavy atom. The van der Waals surface area contributed by atoms with Crippen molar-refractivity contribution in [3.05, 3.63) is 29.3 Å². The van der Waals surface area contributed by atoms with E-state index in [4.69, 9.17) is 5.73 Å². The number of aromatic nitrogens is 2. The molecule has 0 aliphatic rings. The minimum Gasteiger partial charge on any atom is -0.399 e. The van der Waals surface area contributed by atoms with E-state index in [9.17, 15) is 8.42 Å². The van der Waals surface area contributed by atoms with Crippen molar-refractivity contribution >= 4 is 32.2 Å². The SMILES string of the molecule is Cc1nnc(NS(=O)(=O)c2cccc(N)c2)s1. The highest BCUT2D eigenvalue weighted by Gasteiger charge is 2.16. The molecule has 0 atom stereocenters. The lowest BCUT2D eigenvalue weighted by Gasteiger charge is -2.04. The number of sulfonamides is 1. The van der Waals surface area contributed by atoms with Crippen LogP contribution in [0.3, 0.4) is 0 Å². The van der Waals surface area contributed by atoms with Crippen molar-refractivity contribution in [1.29, 1.82) is 0 Å². The van der Waals surface area contributed by atoms with Gasteiger partial charge in [0.1, 0.15) is 5.01 Å². The molecule has 0 aliphatic carbocycles. The maximum absolute atomic E-state index is 11.9. The molecule has 2 rings (SSSR count). The lowest BCUT2D eigenvalue weighted by molar-refractivity contribution is 0.601. The van der Waals surface area contributed by atoms with E-state index in [2.05, 4.69) is 14.9 Å². The predicted molar refractivity (Wildman–Crippen MR) is 66.3 cm³/mol. The van der Waals surface area contributed by atoms with Gasteiger partial charge in [-0.2, -0.15) is 0 Å². The smallest absolute Gasteiger partial charge is 0.263 e. The maximum atomic E-state index is 11.9. The van der Waals surface area contributed by atoms with Crippen LogP contribution in [-0.4, -0.2) is 18.6 Å². The summed E-state index contributed by atoms with van der Waals surface area (Å²) in [6, 6.07) is 6.05. The van der Waals surface area contributed by atoms with Crippen LogP contribution in [0.25, 0.3) is 0 Å². The third-order valence-electron chi connectivity index (χ3n) is 1.92. The number of rotatable bonds is 3. The normalized spacial score (nSPS) is 11.4. The number of benzene rings is 1. The van der Waals surface area contributed by atoms with Gasteiger partial charge in [-0.15, -0.1) is 10.2 Å². The molecule has 1 aromatic heterocycles. The summed E-state index contributed by atoms with van der Waals surface area (Å²) in [6.45, 7) is 1.75. The largest absolute Gasteiger partial charge is 0.399 e. The second kappa shape index (κ2) is 4.30. The number of hydrogen-bond acceptors (Lipinski definition) is 6.